The second-order valence-electron chi connectivity index (χ2n) is 5.85. The van der Waals surface area contributed by atoms with Crippen LogP contribution in [0.5, 0.6) is 5.75 Å². The van der Waals surface area contributed by atoms with E-state index in [2.05, 4.69) is 6.07 Å². The SMILES string of the molecule is CCOc1ccc([C@H]2C(C#N)=C(C)OC(N)=C2C(=O)OC(C)C)cc1. The molecular formula is C19H22N2O4. The van der Waals surface area contributed by atoms with Gasteiger partial charge in [-0.15, -0.1) is 0 Å². The second-order valence-corrected chi connectivity index (χ2v) is 5.85. The number of nitrogens with zero attached hydrogens (tertiary/aromatic N) is 1. The average Bonchev–Trinajstić information content (AvgIpc) is 2.54. The van der Waals surface area contributed by atoms with Gasteiger partial charge in [0.25, 0.3) is 0 Å². The number of carbonyl (C=O) groups excluding carboxylic acids is 1. The van der Waals surface area contributed by atoms with E-state index in [4.69, 9.17) is 19.9 Å². The summed E-state index contributed by atoms with van der Waals surface area (Å²) in [4.78, 5) is 12.5. The molecule has 6 heteroatoms. The van der Waals surface area contributed by atoms with Gasteiger partial charge in [-0.3, -0.25) is 0 Å². The standard InChI is InChI=1S/C19H22N2O4/c1-5-23-14-8-6-13(7-9-14)16-15(10-20)12(4)25-18(21)17(16)19(22)24-11(2)3/h6-9,11,16H,5,21H2,1-4H3/t16-/m0/s1. The molecule has 25 heavy (non-hydrogen) atoms. The first kappa shape index (κ1) is 18.4. The summed E-state index contributed by atoms with van der Waals surface area (Å²) in [5.74, 6) is -0.186. The van der Waals surface area contributed by atoms with Crippen molar-refractivity contribution in [2.45, 2.75) is 39.7 Å². The Labute approximate surface area is 147 Å². The summed E-state index contributed by atoms with van der Waals surface area (Å²) in [6, 6.07) is 9.32. The number of benzene rings is 1. The van der Waals surface area contributed by atoms with Crippen LogP contribution in [0.1, 0.15) is 39.2 Å². The number of hydrogen-bond acceptors (Lipinski definition) is 6. The van der Waals surface area contributed by atoms with Gasteiger partial charge in [0.05, 0.1) is 30.3 Å². The lowest BCUT2D eigenvalue weighted by atomic mass is 9.83. The van der Waals surface area contributed by atoms with Crippen LogP contribution in [0, 0.1) is 11.3 Å². The number of ether oxygens (including phenoxy) is 3. The van der Waals surface area contributed by atoms with E-state index in [-0.39, 0.29) is 17.6 Å². The Morgan fingerprint density at radius 2 is 2.00 bits per heavy atom. The zero-order valence-corrected chi connectivity index (χ0v) is 14.8. The predicted octanol–water partition coefficient (Wildman–Crippen LogP) is 3.12. The zero-order chi connectivity index (χ0) is 18.6. The Morgan fingerprint density at radius 3 is 2.52 bits per heavy atom. The molecule has 1 aromatic carbocycles. The zero-order valence-electron chi connectivity index (χ0n) is 14.8. The Kier molecular flexibility index (Phi) is 5.71. The summed E-state index contributed by atoms with van der Waals surface area (Å²) in [6.45, 7) is 7.60. The van der Waals surface area contributed by atoms with E-state index in [9.17, 15) is 10.1 Å². The molecule has 1 heterocycles. The van der Waals surface area contributed by atoms with Gasteiger partial charge in [0.2, 0.25) is 5.88 Å². The smallest absolute Gasteiger partial charge is 0.340 e. The van der Waals surface area contributed by atoms with E-state index in [0.29, 0.717) is 23.7 Å². The lowest BCUT2D eigenvalue weighted by molar-refractivity contribution is -0.143. The first-order chi connectivity index (χ1) is 11.9. The van der Waals surface area contributed by atoms with Crippen LogP contribution in [0.4, 0.5) is 0 Å². The fourth-order valence-corrected chi connectivity index (χ4v) is 2.66. The van der Waals surface area contributed by atoms with Crippen molar-refractivity contribution in [3.8, 4) is 11.8 Å². The fraction of sp³-hybridized carbons (Fsp3) is 0.368. The van der Waals surface area contributed by atoms with Crippen LogP contribution in [0.3, 0.4) is 0 Å². The maximum Gasteiger partial charge on any atom is 0.340 e. The normalized spacial score (nSPS) is 17.2. The highest BCUT2D eigenvalue weighted by Crippen LogP contribution is 2.40. The highest BCUT2D eigenvalue weighted by Gasteiger charge is 2.36. The van der Waals surface area contributed by atoms with Crippen LogP contribution in [-0.2, 0) is 14.3 Å². The van der Waals surface area contributed by atoms with Crippen LogP contribution >= 0.6 is 0 Å². The molecule has 1 atom stereocenters. The minimum Gasteiger partial charge on any atom is -0.494 e. The van der Waals surface area contributed by atoms with Crippen molar-refractivity contribution in [1.82, 2.24) is 0 Å². The van der Waals surface area contributed by atoms with E-state index >= 15 is 0 Å². The van der Waals surface area contributed by atoms with Gasteiger partial charge in [0, 0.05) is 0 Å². The number of nitriles is 1. The monoisotopic (exact) mass is 342 g/mol. The molecule has 0 aromatic heterocycles. The average molecular weight is 342 g/mol. The third kappa shape index (κ3) is 3.94. The Bertz CT molecular complexity index is 755. The Balaban J connectivity index is 2.51. The van der Waals surface area contributed by atoms with Crippen molar-refractivity contribution < 1.29 is 19.0 Å². The lowest BCUT2D eigenvalue weighted by Crippen LogP contribution is -2.27. The fourth-order valence-electron chi connectivity index (χ4n) is 2.66. The quantitative estimate of drug-likeness (QED) is 0.826. The van der Waals surface area contributed by atoms with Crippen LogP contribution in [0.2, 0.25) is 0 Å². The van der Waals surface area contributed by atoms with Gasteiger partial charge in [0.15, 0.2) is 0 Å². The summed E-state index contributed by atoms with van der Waals surface area (Å²) in [5.41, 5.74) is 7.16. The summed E-state index contributed by atoms with van der Waals surface area (Å²) in [5, 5.41) is 9.57. The third-order valence-corrected chi connectivity index (χ3v) is 3.69. The van der Waals surface area contributed by atoms with E-state index < -0.39 is 11.9 Å². The van der Waals surface area contributed by atoms with Gasteiger partial charge in [-0.1, -0.05) is 12.1 Å². The van der Waals surface area contributed by atoms with E-state index in [0.717, 1.165) is 5.56 Å². The van der Waals surface area contributed by atoms with Crippen LogP contribution in [0.15, 0.2) is 47.1 Å². The summed E-state index contributed by atoms with van der Waals surface area (Å²) in [6.07, 6.45) is -0.314. The largest absolute Gasteiger partial charge is 0.494 e. The van der Waals surface area contributed by atoms with Gasteiger partial charge >= 0.3 is 5.97 Å². The van der Waals surface area contributed by atoms with E-state index in [1.54, 1.807) is 32.9 Å². The van der Waals surface area contributed by atoms with Crippen molar-refractivity contribution in [3.05, 3.63) is 52.6 Å². The highest BCUT2D eigenvalue weighted by molar-refractivity contribution is 5.92. The molecule has 0 unspecified atom stereocenters. The first-order valence-electron chi connectivity index (χ1n) is 8.11. The molecule has 0 bridgehead atoms. The van der Waals surface area contributed by atoms with Crippen molar-refractivity contribution in [2.75, 3.05) is 6.61 Å². The van der Waals surface area contributed by atoms with Crippen molar-refractivity contribution >= 4 is 5.97 Å². The molecule has 0 spiro atoms. The molecule has 1 aromatic rings. The van der Waals surface area contributed by atoms with Crippen molar-refractivity contribution in [3.63, 3.8) is 0 Å². The summed E-state index contributed by atoms with van der Waals surface area (Å²) >= 11 is 0. The molecule has 0 aliphatic carbocycles. The lowest BCUT2D eigenvalue weighted by Gasteiger charge is -2.27. The van der Waals surface area contributed by atoms with E-state index in [1.807, 2.05) is 19.1 Å². The molecule has 2 N–H and O–H groups in total. The molecular weight excluding hydrogens is 320 g/mol. The van der Waals surface area contributed by atoms with Gasteiger partial charge < -0.3 is 19.9 Å². The molecule has 0 fully saturated rings. The molecule has 0 saturated carbocycles. The minimum absolute atomic E-state index is 0.0407. The van der Waals surface area contributed by atoms with Gasteiger partial charge in [-0.05, 0) is 45.4 Å². The maximum absolute atomic E-state index is 12.5. The molecule has 132 valence electrons. The third-order valence-electron chi connectivity index (χ3n) is 3.69. The number of rotatable bonds is 5. The topological polar surface area (TPSA) is 94.6 Å². The van der Waals surface area contributed by atoms with Gasteiger partial charge in [0.1, 0.15) is 17.1 Å². The van der Waals surface area contributed by atoms with Crippen LogP contribution < -0.4 is 10.5 Å². The number of allylic oxidation sites excluding steroid dienone is 2. The molecule has 2 rings (SSSR count). The number of esters is 1. The van der Waals surface area contributed by atoms with Crippen molar-refractivity contribution in [2.24, 2.45) is 5.73 Å². The Morgan fingerprint density at radius 1 is 1.36 bits per heavy atom. The number of carbonyl (C=O) groups is 1. The van der Waals surface area contributed by atoms with Gasteiger partial charge in [-0.2, -0.15) is 5.26 Å². The van der Waals surface area contributed by atoms with Crippen molar-refractivity contribution in [1.29, 1.82) is 5.26 Å². The van der Waals surface area contributed by atoms with Gasteiger partial charge in [-0.25, -0.2) is 4.79 Å². The molecule has 1 aliphatic rings. The van der Waals surface area contributed by atoms with E-state index in [1.165, 1.54) is 0 Å². The maximum atomic E-state index is 12.5. The predicted molar refractivity (Wildman–Crippen MR) is 92.2 cm³/mol. The highest BCUT2D eigenvalue weighted by atomic mass is 16.5. The first-order valence-corrected chi connectivity index (χ1v) is 8.11. The Hall–Kier alpha value is -2.94. The summed E-state index contributed by atoms with van der Waals surface area (Å²) < 4.78 is 16.1. The van der Waals surface area contributed by atoms with Crippen LogP contribution in [0.25, 0.3) is 0 Å². The molecule has 6 nitrogen and oxygen atoms in total. The molecule has 0 radical (unpaired) electrons. The molecule has 0 saturated heterocycles. The molecule has 1 aliphatic heterocycles. The second kappa shape index (κ2) is 7.75. The number of hydrogen-bond donors (Lipinski definition) is 1. The summed E-state index contributed by atoms with van der Waals surface area (Å²) in [7, 11) is 0. The number of nitrogens with two attached hydrogens (primary N) is 1. The minimum atomic E-state index is -0.638. The molecule has 0 amide bonds. The van der Waals surface area contributed by atoms with Crippen LogP contribution in [-0.4, -0.2) is 18.7 Å².